The van der Waals surface area contributed by atoms with Crippen LogP contribution in [0.1, 0.15) is 19.8 Å². The number of aromatic amines is 1. The number of H-pyrrole nitrogens is 1. The minimum Gasteiger partial charge on any atom is -0.481 e. The fourth-order valence-electron chi connectivity index (χ4n) is 3.79. The van der Waals surface area contributed by atoms with Gasteiger partial charge in [0.15, 0.2) is 23.8 Å². The number of pyridine rings is 1. The lowest BCUT2D eigenvalue weighted by Crippen LogP contribution is -2.38. The van der Waals surface area contributed by atoms with Crippen molar-refractivity contribution in [2.75, 3.05) is 38.6 Å². The van der Waals surface area contributed by atoms with Crippen LogP contribution in [-0.2, 0) is 4.79 Å². The molecule has 0 spiro atoms. The zero-order valence-electron chi connectivity index (χ0n) is 18.0. The van der Waals surface area contributed by atoms with E-state index in [-0.39, 0.29) is 18.3 Å². The van der Waals surface area contributed by atoms with Crippen LogP contribution in [0.15, 0.2) is 28.9 Å². The average molecular weight is 505 g/mol. The van der Waals surface area contributed by atoms with E-state index in [0.717, 1.165) is 48.2 Å². The minimum atomic E-state index is -0.568. The van der Waals surface area contributed by atoms with E-state index >= 15 is 0 Å². The Morgan fingerprint density at radius 1 is 1.38 bits per heavy atom. The van der Waals surface area contributed by atoms with Crippen LogP contribution < -0.4 is 15.4 Å². The maximum atomic E-state index is 14.5. The number of nitrogens with zero attached hydrogens (tertiary/aromatic N) is 3. The highest BCUT2D eigenvalue weighted by molar-refractivity contribution is 9.10. The number of anilines is 1. The highest BCUT2D eigenvalue weighted by atomic mass is 79.9. The first kappa shape index (κ1) is 22.5. The van der Waals surface area contributed by atoms with Crippen LogP contribution in [0.25, 0.3) is 22.6 Å². The van der Waals surface area contributed by atoms with Gasteiger partial charge in [0.05, 0.1) is 10.2 Å². The van der Waals surface area contributed by atoms with E-state index in [1.54, 1.807) is 12.3 Å². The van der Waals surface area contributed by atoms with Crippen LogP contribution >= 0.6 is 15.9 Å². The van der Waals surface area contributed by atoms with Gasteiger partial charge in [0, 0.05) is 37.9 Å². The fraction of sp³-hybridized carbons (Fsp3) is 0.409. The summed E-state index contributed by atoms with van der Waals surface area (Å²) in [7, 11) is 1.50. The van der Waals surface area contributed by atoms with Crippen LogP contribution in [-0.4, -0.2) is 65.1 Å². The maximum Gasteiger partial charge on any atom is 0.257 e. The normalized spacial score (nSPS) is 15.1. The van der Waals surface area contributed by atoms with Gasteiger partial charge < -0.3 is 25.3 Å². The molecule has 1 saturated heterocycles. The average Bonchev–Trinajstić information content (AvgIpc) is 3.25. The number of nitrogens with one attached hydrogen (secondary N) is 3. The topological polar surface area (TPSA) is 95.2 Å². The number of ether oxygens (including phenoxy) is 1. The summed E-state index contributed by atoms with van der Waals surface area (Å²) < 4.78 is 20.6. The summed E-state index contributed by atoms with van der Waals surface area (Å²) in [5, 5.41) is 6.07. The van der Waals surface area contributed by atoms with Gasteiger partial charge in [-0.15, -0.1) is 0 Å². The van der Waals surface area contributed by atoms with Crippen molar-refractivity contribution >= 4 is 38.7 Å². The number of imidazole rings is 1. The van der Waals surface area contributed by atoms with Crippen molar-refractivity contribution in [2.45, 2.75) is 25.8 Å². The van der Waals surface area contributed by atoms with Gasteiger partial charge in [-0.3, -0.25) is 4.79 Å². The molecule has 0 unspecified atom stereocenters. The monoisotopic (exact) mass is 504 g/mol. The van der Waals surface area contributed by atoms with E-state index in [0.29, 0.717) is 23.1 Å². The first-order valence-electron chi connectivity index (χ1n) is 10.6. The predicted molar refractivity (Wildman–Crippen MR) is 125 cm³/mol. The Morgan fingerprint density at radius 2 is 2.16 bits per heavy atom. The molecule has 1 aliphatic heterocycles. The van der Waals surface area contributed by atoms with E-state index < -0.39 is 5.82 Å². The Labute approximate surface area is 194 Å². The Bertz CT molecular complexity index is 1110. The number of hydrogen-bond donors (Lipinski definition) is 3. The predicted octanol–water partition coefficient (Wildman–Crippen LogP) is 3.55. The van der Waals surface area contributed by atoms with Crippen LogP contribution in [0.5, 0.6) is 5.75 Å². The number of amides is 1. The van der Waals surface area contributed by atoms with Gasteiger partial charge in [0.25, 0.3) is 5.91 Å². The quantitative estimate of drug-likeness (QED) is 0.455. The van der Waals surface area contributed by atoms with Gasteiger partial charge in [-0.25, -0.2) is 14.4 Å². The molecular formula is C22H26BrFN6O2. The zero-order chi connectivity index (χ0) is 22.7. The number of fused-ring (bicyclic) bond motifs is 1. The number of carbonyl (C=O) groups excluding carboxylic acids is 1. The molecule has 1 amide bonds. The number of benzene rings is 1. The zero-order valence-corrected chi connectivity index (χ0v) is 19.6. The van der Waals surface area contributed by atoms with Gasteiger partial charge in [-0.2, -0.15) is 0 Å². The van der Waals surface area contributed by atoms with E-state index in [1.807, 2.05) is 0 Å². The molecule has 170 valence electrons. The number of likely N-dealkylation sites (tertiary alicyclic amines) is 1. The van der Waals surface area contributed by atoms with Crippen molar-refractivity contribution in [3.05, 3.63) is 34.7 Å². The third-order valence-corrected chi connectivity index (χ3v) is 6.30. The number of hydrogen-bond acceptors (Lipinski definition) is 6. The molecule has 0 atom stereocenters. The highest BCUT2D eigenvalue weighted by Crippen LogP contribution is 2.33. The lowest BCUT2D eigenvalue weighted by Gasteiger charge is -2.32. The molecule has 8 nitrogen and oxygen atoms in total. The Kier molecular flexibility index (Phi) is 6.90. The van der Waals surface area contributed by atoms with Gasteiger partial charge in [0.2, 0.25) is 0 Å². The number of piperidine rings is 1. The molecule has 3 N–H and O–H groups in total. The number of rotatable bonds is 7. The van der Waals surface area contributed by atoms with Gasteiger partial charge in [-0.1, -0.05) is 6.92 Å². The highest BCUT2D eigenvalue weighted by Gasteiger charge is 2.21. The fourth-order valence-corrected chi connectivity index (χ4v) is 4.20. The minimum absolute atomic E-state index is 0.00936. The lowest BCUT2D eigenvalue weighted by atomic mass is 10.0. The number of carbonyl (C=O) groups is 1. The number of likely N-dealkylation sites (N-methyl/N-ethyl adjacent to an activating group) is 1. The van der Waals surface area contributed by atoms with E-state index in [9.17, 15) is 9.18 Å². The molecule has 10 heteroatoms. The third-order valence-electron chi connectivity index (χ3n) is 5.70. The van der Waals surface area contributed by atoms with Crippen molar-refractivity contribution < 1.29 is 13.9 Å². The molecule has 0 saturated carbocycles. The van der Waals surface area contributed by atoms with Gasteiger partial charge in [0.1, 0.15) is 11.3 Å². The van der Waals surface area contributed by atoms with Crippen LogP contribution in [0.4, 0.5) is 10.1 Å². The van der Waals surface area contributed by atoms with Gasteiger partial charge in [-0.05, 0) is 53.5 Å². The first-order valence-corrected chi connectivity index (χ1v) is 11.4. The van der Waals surface area contributed by atoms with Crippen molar-refractivity contribution in [3.63, 3.8) is 0 Å². The summed E-state index contributed by atoms with van der Waals surface area (Å²) in [5.74, 6) is -0.383. The largest absolute Gasteiger partial charge is 0.481 e. The molecular weight excluding hydrogens is 479 g/mol. The summed E-state index contributed by atoms with van der Waals surface area (Å²) in [6.07, 6.45) is 3.86. The van der Waals surface area contributed by atoms with Crippen LogP contribution in [0, 0.1) is 5.82 Å². The van der Waals surface area contributed by atoms with E-state index in [1.165, 1.54) is 19.2 Å². The van der Waals surface area contributed by atoms with Crippen molar-refractivity contribution in [3.8, 4) is 17.1 Å². The molecule has 2 aromatic heterocycles. The van der Waals surface area contributed by atoms with Crippen LogP contribution in [0.3, 0.4) is 0 Å². The van der Waals surface area contributed by atoms with Gasteiger partial charge >= 0.3 is 0 Å². The molecule has 3 heterocycles. The second-order valence-corrected chi connectivity index (χ2v) is 8.58. The lowest BCUT2D eigenvalue weighted by molar-refractivity contribution is -0.122. The summed E-state index contributed by atoms with van der Waals surface area (Å²) in [6.45, 7) is 5.16. The molecule has 0 radical (unpaired) electrons. The Morgan fingerprint density at radius 3 is 2.84 bits per heavy atom. The van der Waals surface area contributed by atoms with Crippen LogP contribution in [0.2, 0.25) is 0 Å². The molecule has 4 rings (SSSR count). The second-order valence-electron chi connectivity index (χ2n) is 7.73. The van der Waals surface area contributed by atoms with E-state index in [2.05, 4.69) is 53.3 Å². The third kappa shape index (κ3) is 4.86. The molecule has 1 fully saturated rings. The first-order chi connectivity index (χ1) is 15.5. The number of halogens is 2. The molecule has 3 aromatic rings. The Balaban J connectivity index is 1.57. The maximum absolute atomic E-state index is 14.5. The van der Waals surface area contributed by atoms with Crippen molar-refractivity contribution in [2.24, 2.45) is 0 Å². The smallest absolute Gasteiger partial charge is 0.257 e. The molecule has 32 heavy (non-hydrogen) atoms. The van der Waals surface area contributed by atoms with Crippen molar-refractivity contribution in [1.29, 1.82) is 0 Å². The Hall–Kier alpha value is -2.72. The summed E-state index contributed by atoms with van der Waals surface area (Å²) in [5.41, 5.74) is 2.80. The second kappa shape index (κ2) is 9.83. The SMILES string of the molecule is CCN1CCC(Nc2c(Br)cnc3nc(-c4ccc(OCC(=O)NC)c(F)c4)[nH]c23)CC1. The number of aromatic nitrogens is 3. The summed E-state index contributed by atoms with van der Waals surface area (Å²) in [6, 6.07) is 4.88. The standard InChI is InChI=1S/C22H26BrFN6O2/c1-3-30-8-6-14(7-9-30)27-19-15(23)11-26-22-20(19)28-21(29-22)13-4-5-17(16(24)10-13)32-12-18(31)25-2/h4-5,10-11,14H,3,6-9,12H2,1-2H3,(H,25,31)(H2,26,27,28,29). The van der Waals surface area contributed by atoms with Crippen molar-refractivity contribution in [1.82, 2.24) is 25.2 Å². The molecule has 1 aromatic carbocycles. The van der Waals surface area contributed by atoms with E-state index in [4.69, 9.17) is 4.74 Å². The molecule has 0 aliphatic carbocycles. The summed E-state index contributed by atoms with van der Waals surface area (Å²) >= 11 is 3.60. The molecule has 1 aliphatic rings. The summed E-state index contributed by atoms with van der Waals surface area (Å²) in [4.78, 5) is 26.0. The molecule has 0 bridgehead atoms.